The number of aliphatic hydroxyl groups is 10. The highest BCUT2D eigenvalue weighted by atomic mass is 16.3. The van der Waals surface area contributed by atoms with Crippen LogP contribution >= 0.6 is 0 Å². The number of amides is 6. The molecule has 0 aromatic heterocycles. The minimum absolute atomic E-state index is 0.000282. The van der Waals surface area contributed by atoms with Crippen LogP contribution in [0.5, 0.6) is 0 Å². The molecule has 6 atom stereocenters. The summed E-state index contributed by atoms with van der Waals surface area (Å²) in [5, 5.41) is 110. The van der Waals surface area contributed by atoms with Crippen LogP contribution in [0.2, 0.25) is 0 Å². The molecule has 0 aliphatic heterocycles. The van der Waals surface area contributed by atoms with Gasteiger partial charge < -0.3 is 82.1 Å². The second kappa shape index (κ2) is 28.5. The molecule has 0 radical (unpaired) electrons. The molecule has 0 aliphatic carbocycles. The Labute approximate surface area is 402 Å². The minimum atomic E-state index is -1.28. The molecule has 6 unspecified atom stereocenters. The molecule has 0 spiro atoms. The Bertz CT molecular complexity index is 2070. The van der Waals surface area contributed by atoms with E-state index in [9.17, 15) is 79.8 Å². The summed E-state index contributed by atoms with van der Waals surface area (Å²) in [5.74, 6) is -3.95. The maximum absolute atomic E-state index is 13.7. The third-order valence-electron chi connectivity index (χ3n) is 11.8. The zero-order chi connectivity index (χ0) is 52.4. The molecule has 22 heteroatoms. The Balaban J connectivity index is 2.46. The Morgan fingerprint density at radius 3 is 1.00 bits per heavy atom. The number of benzene rings is 2. The average molecular weight is 979 g/mol. The molecule has 0 fully saturated rings. The fraction of sp³-hybridized carbons (Fsp3) is 0.617. The molecule has 6 amide bonds. The van der Waals surface area contributed by atoms with E-state index >= 15 is 0 Å². The predicted octanol–water partition coefficient (Wildman–Crippen LogP) is -2.19. The highest BCUT2D eigenvalue weighted by Gasteiger charge is 2.33. The number of unbranched alkanes of at least 4 members (excludes halogenated alkanes) is 1. The van der Waals surface area contributed by atoms with Crippen LogP contribution in [0, 0.1) is 34.6 Å². The summed E-state index contributed by atoms with van der Waals surface area (Å²) < 4.78 is 0. The van der Waals surface area contributed by atoms with Gasteiger partial charge in [0, 0.05) is 62.3 Å². The third kappa shape index (κ3) is 16.2. The van der Waals surface area contributed by atoms with E-state index in [1.165, 1.54) is 37.5 Å². The highest BCUT2D eigenvalue weighted by Crippen LogP contribution is 2.37. The Morgan fingerprint density at radius 1 is 0.435 bits per heavy atom. The molecule has 2 aromatic rings. The molecular formula is C47H74N6O16. The van der Waals surface area contributed by atoms with Gasteiger partial charge in [-0.3, -0.25) is 28.8 Å². The Kier molecular flexibility index (Phi) is 24.8. The SMILES string of the molecule is CCc1c(C(=O)NCC(O)CO)c(C)c(C(=O)NCC(O)CO)c(C)c1N(CC(O)CCCCC(O)CN(C(C)=O)c1c(C)c(C(=O)NCC(O)CO)c(C)c(C(=O)NCC(O)CO)c1C)C(C)=O. The lowest BCUT2D eigenvalue weighted by atomic mass is 9.87. The van der Waals surface area contributed by atoms with Gasteiger partial charge >= 0.3 is 0 Å². The molecule has 69 heavy (non-hydrogen) atoms. The summed E-state index contributed by atoms with van der Waals surface area (Å²) in [6.45, 7) is 7.52. The molecule has 0 saturated heterocycles. The van der Waals surface area contributed by atoms with Crippen molar-refractivity contribution >= 4 is 46.8 Å². The van der Waals surface area contributed by atoms with E-state index < -0.39 is 98.5 Å². The largest absolute Gasteiger partial charge is 0.394 e. The van der Waals surface area contributed by atoms with Crippen molar-refractivity contribution in [3.8, 4) is 0 Å². The van der Waals surface area contributed by atoms with Crippen molar-refractivity contribution in [2.45, 2.75) is 124 Å². The van der Waals surface area contributed by atoms with Crippen LogP contribution in [0.25, 0.3) is 0 Å². The first-order valence-electron chi connectivity index (χ1n) is 22.9. The molecule has 0 aliphatic rings. The minimum Gasteiger partial charge on any atom is -0.394 e. The summed E-state index contributed by atoms with van der Waals surface area (Å²) in [4.78, 5) is 83.8. The summed E-state index contributed by atoms with van der Waals surface area (Å²) >= 11 is 0. The van der Waals surface area contributed by atoms with Gasteiger partial charge in [-0.25, -0.2) is 0 Å². The maximum Gasteiger partial charge on any atom is 0.252 e. The molecule has 2 aromatic carbocycles. The van der Waals surface area contributed by atoms with Crippen molar-refractivity contribution in [2.24, 2.45) is 0 Å². The number of carbonyl (C=O) groups excluding carboxylic acids is 6. The first-order chi connectivity index (χ1) is 32.4. The molecule has 388 valence electrons. The molecular weight excluding hydrogens is 905 g/mol. The molecule has 0 saturated carbocycles. The third-order valence-corrected chi connectivity index (χ3v) is 11.8. The van der Waals surface area contributed by atoms with Crippen LogP contribution in [0.1, 0.15) is 121 Å². The zero-order valence-electron chi connectivity index (χ0n) is 40.9. The number of hydrogen-bond acceptors (Lipinski definition) is 16. The van der Waals surface area contributed by atoms with Crippen molar-refractivity contribution in [3.05, 3.63) is 55.6 Å². The molecule has 2 rings (SSSR count). The first kappa shape index (κ1) is 60.0. The quantitative estimate of drug-likeness (QED) is 0.0403. The van der Waals surface area contributed by atoms with Crippen molar-refractivity contribution in [3.63, 3.8) is 0 Å². The van der Waals surface area contributed by atoms with E-state index in [1.807, 2.05) is 0 Å². The second-order valence-corrected chi connectivity index (χ2v) is 17.2. The van der Waals surface area contributed by atoms with Gasteiger partial charge in [-0.15, -0.1) is 0 Å². The van der Waals surface area contributed by atoms with Crippen LogP contribution in [-0.4, -0.2) is 189 Å². The van der Waals surface area contributed by atoms with Crippen molar-refractivity contribution in [1.29, 1.82) is 0 Å². The van der Waals surface area contributed by atoms with Gasteiger partial charge in [0.25, 0.3) is 23.6 Å². The van der Waals surface area contributed by atoms with Gasteiger partial charge in [-0.1, -0.05) is 19.8 Å². The number of rotatable bonds is 28. The van der Waals surface area contributed by atoms with Crippen molar-refractivity contribution in [2.75, 3.05) is 75.5 Å². The lowest BCUT2D eigenvalue weighted by Gasteiger charge is -2.31. The van der Waals surface area contributed by atoms with E-state index in [-0.39, 0.29) is 120 Å². The first-order valence-corrected chi connectivity index (χ1v) is 22.9. The van der Waals surface area contributed by atoms with Crippen molar-refractivity contribution in [1.82, 2.24) is 21.3 Å². The second-order valence-electron chi connectivity index (χ2n) is 17.2. The van der Waals surface area contributed by atoms with E-state index in [2.05, 4.69) is 21.3 Å². The predicted molar refractivity (Wildman–Crippen MR) is 254 cm³/mol. The average Bonchev–Trinajstić information content (AvgIpc) is 3.30. The van der Waals surface area contributed by atoms with Gasteiger partial charge in [0.05, 0.1) is 87.5 Å². The topological polar surface area (TPSA) is 359 Å². The molecule has 14 N–H and O–H groups in total. The Morgan fingerprint density at radius 2 is 0.710 bits per heavy atom. The van der Waals surface area contributed by atoms with Crippen LogP contribution in [-0.2, 0) is 16.0 Å². The number of hydrogen-bond donors (Lipinski definition) is 14. The number of carbonyl (C=O) groups is 6. The van der Waals surface area contributed by atoms with Crippen LogP contribution in [0.15, 0.2) is 0 Å². The van der Waals surface area contributed by atoms with Gasteiger partial charge in [0.2, 0.25) is 11.8 Å². The monoisotopic (exact) mass is 979 g/mol. The Hall–Kier alpha value is -5.14. The maximum atomic E-state index is 13.7. The van der Waals surface area contributed by atoms with Crippen LogP contribution < -0.4 is 31.1 Å². The van der Waals surface area contributed by atoms with Gasteiger partial charge in [0.15, 0.2) is 0 Å². The summed E-state index contributed by atoms with van der Waals surface area (Å²) in [7, 11) is 0. The number of anilines is 2. The van der Waals surface area contributed by atoms with Crippen molar-refractivity contribution < 1.29 is 79.8 Å². The fourth-order valence-corrected chi connectivity index (χ4v) is 8.32. The van der Waals surface area contributed by atoms with Crippen LogP contribution in [0.3, 0.4) is 0 Å². The van der Waals surface area contributed by atoms with Gasteiger partial charge in [-0.05, 0) is 87.3 Å². The van der Waals surface area contributed by atoms with Gasteiger partial charge in [0.1, 0.15) is 0 Å². The molecule has 22 nitrogen and oxygen atoms in total. The number of nitrogens with one attached hydrogen (secondary N) is 4. The van der Waals surface area contributed by atoms with E-state index in [0.29, 0.717) is 18.4 Å². The fourth-order valence-electron chi connectivity index (χ4n) is 8.32. The summed E-state index contributed by atoms with van der Waals surface area (Å²) in [5.41, 5.74) is 1.95. The number of aliphatic hydroxyl groups excluding tert-OH is 10. The zero-order valence-corrected chi connectivity index (χ0v) is 40.9. The highest BCUT2D eigenvalue weighted by molar-refractivity contribution is 6.09. The standard InChI is InChI=1S/C47H74N6O16/c1-9-37-41(47(69)51-17-36(65)23-57)25(3)40(46(68)50-16-35(64)22-56)28(6)43(37)53(30(8)59)19-32(61)13-11-10-12-31(60)18-52(29(7)58)42-26(4)38(44(66)48-14-33(62)20-54)24(2)39(27(42)5)45(67)49-15-34(63)21-55/h31-36,54-57,60-65H,9-23H2,1-8H3,(H,48,66)(H,49,67)(H,50,68)(H,51,69). The molecule has 0 heterocycles. The molecule has 0 bridgehead atoms. The smallest absolute Gasteiger partial charge is 0.252 e. The van der Waals surface area contributed by atoms with Gasteiger partial charge in [-0.2, -0.15) is 0 Å². The summed E-state index contributed by atoms with van der Waals surface area (Å²) in [6.07, 6.45) is -6.43. The normalized spacial score (nSPS) is 13.9. The summed E-state index contributed by atoms with van der Waals surface area (Å²) in [6, 6.07) is 0. The lowest BCUT2D eigenvalue weighted by molar-refractivity contribution is -0.117. The van der Waals surface area contributed by atoms with E-state index in [0.717, 1.165) is 0 Å². The number of nitrogens with zero attached hydrogens (tertiary/aromatic N) is 2. The van der Waals surface area contributed by atoms with Crippen LogP contribution in [0.4, 0.5) is 11.4 Å². The lowest BCUT2D eigenvalue weighted by Crippen LogP contribution is -2.40. The van der Waals surface area contributed by atoms with E-state index in [4.69, 9.17) is 0 Å². The van der Waals surface area contributed by atoms with E-state index in [1.54, 1.807) is 27.7 Å².